The number of likely N-dealkylation sites (tertiary alicyclic amines) is 1. The van der Waals surface area contributed by atoms with Gasteiger partial charge in [0, 0.05) is 56.9 Å². The minimum absolute atomic E-state index is 0.236. The summed E-state index contributed by atoms with van der Waals surface area (Å²) in [6.07, 6.45) is 4.13. The number of hydrogen-bond acceptors (Lipinski definition) is 6. The van der Waals surface area contributed by atoms with Crippen molar-refractivity contribution in [1.82, 2.24) is 14.9 Å². The summed E-state index contributed by atoms with van der Waals surface area (Å²) in [6.45, 7) is 9.72. The molecule has 6 heteroatoms. The summed E-state index contributed by atoms with van der Waals surface area (Å²) in [4.78, 5) is 14.2. The first kappa shape index (κ1) is 19.5. The number of piperidine rings is 1. The number of anilines is 1. The summed E-state index contributed by atoms with van der Waals surface area (Å²) in [5.74, 6) is 3.19. The number of nitrogens with zero attached hydrogens (tertiary/aromatic N) is 4. The maximum absolute atomic E-state index is 9.89. The van der Waals surface area contributed by atoms with Gasteiger partial charge in [0.15, 0.2) is 0 Å². The molecule has 2 atom stereocenters. The van der Waals surface area contributed by atoms with Crippen molar-refractivity contribution in [1.29, 1.82) is 0 Å². The Morgan fingerprint density at radius 2 is 1.81 bits per heavy atom. The average Bonchev–Trinajstić information content (AvgIpc) is 3.05. The fraction of sp³-hybridized carbons (Fsp3) is 0.800. The lowest BCUT2D eigenvalue weighted by molar-refractivity contribution is 0.106. The molecule has 2 saturated heterocycles. The van der Waals surface area contributed by atoms with Gasteiger partial charge in [0.05, 0.1) is 0 Å². The second-order valence-electron chi connectivity index (χ2n) is 8.07. The van der Waals surface area contributed by atoms with Crippen molar-refractivity contribution < 1.29 is 10.2 Å². The molecular weight excluding hydrogens is 328 g/mol. The Morgan fingerprint density at radius 3 is 2.46 bits per heavy atom. The van der Waals surface area contributed by atoms with E-state index in [0.29, 0.717) is 24.4 Å². The highest BCUT2D eigenvalue weighted by Gasteiger charge is 2.35. The Kier molecular flexibility index (Phi) is 6.84. The Hall–Kier alpha value is -1.24. The molecular formula is C20H34N4O2. The molecule has 2 aliphatic rings. The molecule has 0 aliphatic carbocycles. The third-order valence-electron chi connectivity index (χ3n) is 5.95. The van der Waals surface area contributed by atoms with Crippen LogP contribution in [-0.4, -0.2) is 71.0 Å². The fourth-order valence-corrected chi connectivity index (χ4v) is 4.33. The zero-order chi connectivity index (χ0) is 18.5. The summed E-state index contributed by atoms with van der Waals surface area (Å²) < 4.78 is 0. The molecule has 146 valence electrons. The number of hydrogen-bond donors (Lipinski definition) is 2. The van der Waals surface area contributed by atoms with E-state index in [9.17, 15) is 10.2 Å². The Bertz CT molecular complexity index is 575. The molecule has 0 aromatic carbocycles. The van der Waals surface area contributed by atoms with E-state index in [2.05, 4.69) is 27.8 Å². The van der Waals surface area contributed by atoms with Crippen molar-refractivity contribution in [3.63, 3.8) is 0 Å². The Balaban J connectivity index is 1.63. The molecule has 3 heterocycles. The number of aliphatic hydroxyl groups is 2. The van der Waals surface area contributed by atoms with Gasteiger partial charge < -0.3 is 20.0 Å². The van der Waals surface area contributed by atoms with Crippen molar-refractivity contribution in [2.45, 2.75) is 39.5 Å². The van der Waals surface area contributed by atoms with E-state index < -0.39 is 0 Å². The lowest BCUT2D eigenvalue weighted by atomic mass is 9.93. The molecule has 0 amide bonds. The van der Waals surface area contributed by atoms with E-state index in [1.165, 1.54) is 0 Å². The van der Waals surface area contributed by atoms with Crippen LogP contribution in [0.25, 0.3) is 0 Å². The van der Waals surface area contributed by atoms with Crippen LogP contribution in [0.15, 0.2) is 6.07 Å². The van der Waals surface area contributed by atoms with Gasteiger partial charge in [-0.05, 0) is 51.1 Å². The number of aliphatic hydroxyl groups excluding tert-OH is 2. The van der Waals surface area contributed by atoms with Gasteiger partial charge in [-0.15, -0.1) is 0 Å². The van der Waals surface area contributed by atoms with Gasteiger partial charge in [0.25, 0.3) is 0 Å². The molecule has 1 aromatic rings. The van der Waals surface area contributed by atoms with Crippen LogP contribution >= 0.6 is 0 Å². The molecule has 0 radical (unpaired) electrons. The SMILES string of the molecule is CCCc1nc(C)cc(N2C[C@@H](CO)[C@@H](CN3CCC(CO)CC3)C2)n1. The van der Waals surface area contributed by atoms with Gasteiger partial charge in [-0.1, -0.05) is 6.92 Å². The first-order valence-electron chi connectivity index (χ1n) is 10.2. The third kappa shape index (κ3) is 4.72. The summed E-state index contributed by atoms with van der Waals surface area (Å²) in [6, 6.07) is 2.07. The molecule has 3 rings (SSSR count). The van der Waals surface area contributed by atoms with Crippen LogP contribution in [0, 0.1) is 24.7 Å². The quantitative estimate of drug-likeness (QED) is 0.766. The molecule has 6 nitrogen and oxygen atoms in total. The molecule has 26 heavy (non-hydrogen) atoms. The van der Waals surface area contributed by atoms with Crippen molar-refractivity contribution >= 4 is 5.82 Å². The van der Waals surface area contributed by atoms with E-state index in [0.717, 1.165) is 75.7 Å². The zero-order valence-corrected chi connectivity index (χ0v) is 16.3. The van der Waals surface area contributed by atoms with Crippen LogP contribution < -0.4 is 4.90 Å². The van der Waals surface area contributed by atoms with Crippen LogP contribution in [-0.2, 0) is 6.42 Å². The summed E-state index contributed by atoms with van der Waals surface area (Å²) >= 11 is 0. The van der Waals surface area contributed by atoms with Crippen molar-refractivity contribution in [2.24, 2.45) is 17.8 Å². The molecule has 0 unspecified atom stereocenters. The summed E-state index contributed by atoms with van der Waals surface area (Å²) in [7, 11) is 0. The predicted molar refractivity (Wildman–Crippen MR) is 103 cm³/mol. The van der Waals surface area contributed by atoms with Gasteiger partial charge in [-0.2, -0.15) is 0 Å². The maximum atomic E-state index is 9.89. The highest BCUT2D eigenvalue weighted by molar-refractivity contribution is 5.41. The highest BCUT2D eigenvalue weighted by atomic mass is 16.3. The molecule has 0 bridgehead atoms. The van der Waals surface area contributed by atoms with E-state index in [1.807, 2.05) is 6.92 Å². The Morgan fingerprint density at radius 1 is 1.08 bits per heavy atom. The molecule has 0 saturated carbocycles. The van der Waals surface area contributed by atoms with Gasteiger partial charge >= 0.3 is 0 Å². The maximum Gasteiger partial charge on any atom is 0.132 e. The van der Waals surface area contributed by atoms with Gasteiger partial charge in [-0.25, -0.2) is 9.97 Å². The van der Waals surface area contributed by atoms with E-state index in [4.69, 9.17) is 4.98 Å². The third-order valence-corrected chi connectivity index (χ3v) is 5.95. The first-order valence-corrected chi connectivity index (χ1v) is 10.2. The predicted octanol–water partition coefficient (Wildman–Crippen LogP) is 1.49. The zero-order valence-electron chi connectivity index (χ0n) is 16.3. The first-order chi connectivity index (χ1) is 12.6. The van der Waals surface area contributed by atoms with E-state index in [1.54, 1.807) is 0 Å². The lowest BCUT2D eigenvalue weighted by Crippen LogP contribution is -2.40. The molecule has 0 spiro atoms. The topological polar surface area (TPSA) is 72.7 Å². The van der Waals surface area contributed by atoms with E-state index in [-0.39, 0.29) is 6.61 Å². The van der Waals surface area contributed by atoms with Crippen LogP contribution in [0.5, 0.6) is 0 Å². The van der Waals surface area contributed by atoms with Gasteiger partial charge in [-0.3, -0.25) is 0 Å². The number of aromatic nitrogens is 2. The largest absolute Gasteiger partial charge is 0.396 e. The lowest BCUT2D eigenvalue weighted by Gasteiger charge is -2.33. The minimum Gasteiger partial charge on any atom is -0.396 e. The van der Waals surface area contributed by atoms with Crippen molar-refractivity contribution in [3.8, 4) is 0 Å². The van der Waals surface area contributed by atoms with Gasteiger partial charge in [0.2, 0.25) is 0 Å². The fourth-order valence-electron chi connectivity index (χ4n) is 4.33. The normalized spacial score (nSPS) is 25.2. The second kappa shape index (κ2) is 9.11. The highest BCUT2D eigenvalue weighted by Crippen LogP contribution is 2.29. The smallest absolute Gasteiger partial charge is 0.132 e. The Labute approximate surface area is 157 Å². The monoisotopic (exact) mass is 362 g/mol. The van der Waals surface area contributed by atoms with Crippen LogP contribution in [0.4, 0.5) is 5.82 Å². The standard InChI is InChI=1S/C20H34N4O2/c1-3-4-19-21-15(2)9-20(22-19)24-11-17(18(12-24)14-26)10-23-7-5-16(13-25)6-8-23/h9,16-18,25-26H,3-8,10-14H2,1-2H3/t17-,18-/m0/s1. The van der Waals surface area contributed by atoms with Crippen LogP contribution in [0.3, 0.4) is 0 Å². The molecule has 2 aliphatic heterocycles. The molecule has 2 N–H and O–H groups in total. The van der Waals surface area contributed by atoms with Gasteiger partial charge in [0.1, 0.15) is 11.6 Å². The summed E-state index contributed by atoms with van der Waals surface area (Å²) in [5.41, 5.74) is 1.02. The number of rotatable bonds is 7. The van der Waals surface area contributed by atoms with E-state index >= 15 is 0 Å². The molecule has 2 fully saturated rings. The van der Waals surface area contributed by atoms with Crippen LogP contribution in [0.1, 0.15) is 37.7 Å². The van der Waals surface area contributed by atoms with Crippen molar-refractivity contribution in [2.75, 3.05) is 50.8 Å². The average molecular weight is 363 g/mol. The molecule has 1 aromatic heterocycles. The summed E-state index contributed by atoms with van der Waals surface area (Å²) in [5, 5.41) is 19.2. The second-order valence-corrected chi connectivity index (χ2v) is 8.07. The minimum atomic E-state index is 0.236. The number of aryl methyl sites for hydroxylation is 2. The van der Waals surface area contributed by atoms with Crippen LogP contribution in [0.2, 0.25) is 0 Å². The van der Waals surface area contributed by atoms with Crippen molar-refractivity contribution in [3.05, 3.63) is 17.6 Å².